The molecule has 2 fully saturated rings. The van der Waals surface area contributed by atoms with Crippen LogP contribution in [0, 0.1) is 0 Å². The predicted octanol–water partition coefficient (Wildman–Crippen LogP) is 3.56. The number of hydrogen-bond donors (Lipinski definition) is 3. The summed E-state index contributed by atoms with van der Waals surface area (Å²) in [6.45, 7) is 5.16. The molecular weight excluding hydrogens is 452 g/mol. The number of benzene rings is 1. The van der Waals surface area contributed by atoms with E-state index in [9.17, 15) is 10.2 Å². The third-order valence-electron chi connectivity index (χ3n) is 7.01. The standard InChI is InChI=1S/C25H28N4O4S/c1-15-13-33-9-6-29(15)24-22-21(19(14-34-22)25(31)3-7-32-8-4-25)27-23(28-24)18-10-16(12-30)11-20-17(18)2-5-26-20/h2,5,10-11,14-15,26,30-31H,3-4,6-9,12-13H2,1H3/t15-/m1/s1. The highest BCUT2D eigenvalue weighted by molar-refractivity contribution is 7.18. The van der Waals surface area contributed by atoms with Crippen molar-refractivity contribution in [2.24, 2.45) is 0 Å². The van der Waals surface area contributed by atoms with E-state index in [1.54, 1.807) is 11.3 Å². The molecule has 3 aromatic heterocycles. The molecule has 2 saturated heterocycles. The number of rotatable bonds is 4. The van der Waals surface area contributed by atoms with Gasteiger partial charge in [-0.2, -0.15) is 0 Å². The van der Waals surface area contributed by atoms with Gasteiger partial charge in [0, 0.05) is 60.8 Å². The number of ether oxygens (including phenoxy) is 2. The van der Waals surface area contributed by atoms with Crippen LogP contribution in [0.3, 0.4) is 0 Å². The summed E-state index contributed by atoms with van der Waals surface area (Å²) in [5.41, 5.74) is 3.27. The lowest BCUT2D eigenvalue weighted by atomic mass is 9.87. The zero-order valence-electron chi connectivity index (χ0n) is 19.1. The molecule has 0 radical (unpaired) electrons. The number of hydrogen-bond acceptors (Lipinski definition) is 8. The van der Waals surface area contributed by atoms with Crippen LogP contribution in [0.25, 0.3) is 32.5 Å². The van der Waals surface area contributed by atoms with Crippen molar-refractivity contribution in [2.45, 2.75) is 38.0 Å². The molecule has 9 heteroatoms. The van der Waals surface area contributed by atoms with Crippen LogP contribution in [0.15, 0.2) is 29.8 Å². The molecule has 178 valence electrons. The van der Waals surface area contributed by atoms with Crippen molar-refractivity contribution < 1.29 is 19.7 Å². The topological polar surface area (TPSA) is 104 Å². The number of thiophene rings is 1. The van der Waals surface area contributed by atoms with Crippen LogP contribution in [-0.2, 0) is 21.7 Å². The summed E-state index contributed by atoms with van der Waals surface area (Å²) in [6.07, 6.45) is 2.98. The molecule has 6 rings (SSSR count). The molecule has 2 aliphatic heterocycles. The molecule has 1 atom stereocenters. The molecule has 8 nitrogen and oxygen atoms in total. The fourth-order valence-corrected chi connectivity index (χ4v) is 6.17. The minimum atomic E-state index is -0.966. The quantitative estimate of drug-likeness (QED) is 0.410. The summed E-state index contributed by atoms with van der Waals surface area (Å²) in [4.78, 5) is 15.7. The molecule has 0 amide bonds. The average molecular weight is 481 g/mol. The van der Waals surface area contributed by atoms with E-state index in [0.29, 0.717) is 45.1 Å². The molecule has 0 unspecified atom stereocenters. The number of aromatic nitrogens is 3. The number of nitrogens with zero attached hydrogens (tertiary/aromatic N) is 3. The lowest BCUT2D eigenvalue weighted by Crippen LogP contribution is -2.44. The van der Waals surface area contributed by atoms with Crippen LogP contribution in [0.4, 0.5) is 5.82 Å². The van der Waals surface area contributed by atoms with Gasteiger partial charge in [-0.25, -0.2) is 9.97 Å². The Morgan fingerprint density at radius 2 is 2.06 bits per heavy atom. The van der Waals surface area contributed by atoms with Gasteiger partial charge in [0.2, 0.25) is 0 Å². The summed E-state index contributed by atoms with van der Waals surface area (Å²) in [7, 11) is 0. The Morgan fingerprint density at radius 1 is 1.21 bits per heavy atom. The smallest absolute Gasteiger partial charge is 0.162 e. The van der Waals surface area contributed by atoms with Gasteiger partial charge in [-0.05, 0) is 36.1 Å². The van der Waals surface area contributed by atoms with Crippen molar-refractivity contribution >= 4 is 38.3 Å². The molecule has 4 aromatic rings. The Balaban J connectivity index is 1.61. The second-order valence-corrected chi connectivity index (χ2v) is 10.1. The Hall–Kier alpha value is -2.56. The Bertz CT molecular complexity index is 1340. The number of nitrogens with one attached hydrogen (secondary N) is 1. The minimum Gasteiger partial charge on any atom is -0.392 e. The van der Waals surface area contributed by atoms with Crippen LogP contribution in [0.5, 0.6) is 0 Å². The normalized spacial score (nSPS) is 20.9. The molecule has 34 heavy (non-hydrogen) atoms. The molecule has 5 heterocycles. The van der Waals surface area contributed by atoms with Crippen LogP contribution >= 0.6 is 11.3 Å². The van der Waals surface area contributed by atoms with E-state index in [0.717, 1.165) is 50.2 Å². The summed E-state index contributed by atoms with van der Waals surface area (Å²) in [6, 6.07) is 6.09. The van der Waals surface area contributed by atoms with Gasteiger partial charge in [-0.3, -0.25) is 0 Å². The zero-order valence-corrected chi connectivity index (χ0v) is 19.9. The number of H-pyrrole nitrogens is 1. The Morgan fingerprint density at radius 3 is 2.85 bits per heavy atom. The van der Waals surface area contributed by atoms with Crippen LogP contribution in [0.1, 0.15) is 30.9 Å². The fourth-order valence-electron chi connectivity index (χ4n) is 5.07. The van der Waals surface area contributed by atoms with E-state index >= 15 is 0 Å². The van der Waals surface area contributed by atoms with Crippen LogP contribution in [-0.4, -0.2) is 64.2 Å². The first kappa shape index (κ1) is 21.9. The van der Waals surface area contributed by atoms with Crippen LogP contribution < -0.4 is 4.90 Å². The van der Waals surface area contributed by atoms with Crippen molar-refractivity contribution in [3.05, 3.63) is 40.9 Å². The van der Waals surface area contributed by atoms with E-state index in [2.05, 4.69) is 16.8 Å². The highest BCUT2D eigenvalue weighted by atomic mass is 32.1. The van der Waals surface area contributed by atoms with Gasteiger partial charge in [0.05, 0.1) is 41.7 Å². The predicted molar refractivity (Wildman–Crippen MR) is 132 cm³/mol. The third kappa shape index (κ3) is 3.59. The molecule has 3 N–H and O–H groups in total. The van der Waals surface area contributed by atoms with Gasteiger partial charge in [0.25, 0.3) is 0 Å². The van der Waals surface area contributed by atoms with Crippen LogP contribution in [0.2, 0.25) is 0 Å². The van der Waals surface area contributed by atoms with Gasteiger partial charge in [-0.1, -0.05) is 0 Å². The van der Waals surface area contributed by atoms with E-state index < -0.39 is 5.60 Å². The van der Waals surface area contributed by atoms with Crippen molar-refractivity contribution in [1.29, 1.82) is 0 Å². The maximum atomic E-state index is 11.6. The SMILES string of the molecule is C[C@@H]1COCCN1c1nc(-c2cc(CO)cc3[nH]ccc23)nc2c(C3(O)CCOCC3)csc12. The number of anilines is 1. The summed E-state index contributed by atoms with van der Waals surface area (Å²) in [5, 5.41) is 24.5. The second-order valence-electron chi connectivity index (χ2n) is 9.20. The summed E-state index contributed by atoms with van der Waals surface area (Å²) in [5.74, 6) is 1.47. The lowest BCUT2D eigenvalue weighted by Gasteiger charge is -2.35. The molecular formula is C25H28N4O4S. The van der Waals surface area contributed by atoms with Crippen molar-refractivity contribution in [2.75, 3.05) is 37.9 Å². The highest BCUT2D eigenvalue weighted by Crippen LogP contribution is 2.43. The first-order chi connectivity index (χ1) is 16.6. The molecule has 0 spiro atoms. The van der Waals surface area contributed by atoms with Gasteiger partial charge in [0.1, 0.15) is 0 Å². The highest BCUT2D eigenvalue weighted by Gasteiger charge is 2.36. The molecule has 0 saturated carbocycles. The lowest BCUT2D eigenvalue weighted by molar-refractivity contribution is -0.0668. The van der Waals surface area contributed by atoms with Gasteiger partial charge in [0.15, 0.2) is 11.6 Å². The van der Waals surface area contributed by atoms with E-state index in [1.165, 1.54) is 0 Å². The van der Waals surface area contributed by atoms with Gasteiger partial charge in [-0.15, -0.1) is 11.3 Å². The summed E-state index contributed by atoms with van der Waals surface area (Å²) < 4.78 is 12.2. The first-order valence-electron chi connectivity index (χ1n) is 11.7. The number of aliphatic hydroxyl groups excluding tert-OH is 1. The van der Waals surface area contributed by atoms with E-state index in [1.807, 2.05) is 29.8 Å². The second kappa shape index (κ2) is 8.58. The van der Waals surface area contributed by atoms with Crippen molar-refractivity contribution in [3.8, 4) is 11.4 Å². The number of aromatic amines is 1. The molecule has 0 aliphatic carbocycles. The Labute approximate surface area is 201 Å². The third-order valence-corrected chi connectivity index (χ3v) is 7.98. The minimum absolute atomic E-state index is 0.0684. The van der Waals surface area contributed by atoms with Crippen molar-refractivity contribution in [1.82, 2.24) is 15.0 Å². The first-order valence-corrected chi connectivity index (χ1v) is 12.6. The molecule has 0 bridgehead atoms. The van der Waals surface area contributed by atoms with E-state index in [4.69, 9.17) is 19.4 Å². The van der Waals surface area contributed by atoms with E-state index in [-0.39, 0.29) is 12.6 Å². The Kier molecular flexibility index (Phi) is 5.54. The largest absolute Gasteiger partial charge is 0.392 e. The molecule has 1 aromatic carbocycles. The maximum absolute atomic E-state index is 11.6. The zero-order chi connectivity index (χ0) is 23.3. The number of morpholine rings is 1. The van der Waals surface area contributed by atoms with Crippen molar-refractivity contribution in [3.63, 3.8) is 0 Å². The monoisotopic (exact) mass is 480 g/mol. The fraction of sp³-hybridized carbons (Fsp3) is 0.440. The average Bonchev–Trinajstić information content (AvgIpc) is 3.51. The van der Waals surface area contributed by atoms with Gasteiger partial charge < -0.3 is 29.6 Å². The summed E-state index contributed by atoms with van der Waals surface area (Å²) >= 11 is 1.59. The maximum Gasteiger partial charge on any atom is 0.162 e. The molecule has 2 aliphatic rings. The number of fused-ring (bicyclic) bond motifs is 2. The van der Waals surface area contributed by atoms with Gasteiger partial charge >= 0.3 is 0 Å². The number of aliphatic hydroxyl groups is 2.